The molecule has 0 fully saturated rings. The quantitative estimate of drug-likeness (QED) is 0.812. The molecule has 0 unspecified atom stereocenters. The van der Waals surface area contributed by atoms with E-state index in [1.807, 2.05) is 19.0 Å². The molecule has 1 N–H and O–H groups in total. The highest BCUT2D eigenvalue weighted by molar-refractivity contribution is 6.36. The highest BCUT2D eigenvalue weighted by Gasteiger charge is 2.32. The molecule has 136 valence electrons. The Labute approximate surface area is 160 Å². The van der Waals surface area contributed by atoms with Crippen LogP contribution in [0.5, 0.6) is 0 Å². The number of likely N-dealkylation sites (N-methyl/N-ethyl adjacent to an activating group) is 1. The zero-order chi connectivity index (χ0) is 18.8. The Kier molecular flexibility index (Phi) is 5.46. The second-order valence-corrected chi connectivity index (χ2v) is 6.96. The number of hydrogen-bond donors (Lipinski definition) is 1. The molecule has 0 amide bonds. The van der Waals surface area contributed by atoms with E-state index in [0.717, 1.165) is 6.54 Å². The highest BCUT2D eigenvalue weighted by Crippen LogP contribution is 2.28. The Morgan fingerprint density at radius 3 is 2.54 bits per heavy atom. The lowest BCUT2D eigenvalue weighted by molar-refractivity contribution is 0.0955. The molecule has 26 heavy (non-hydrogen) atoms. The van der Waals surface area contributed by atoms with E-state index in [-0.39, 0.29) is 41.0 Å². The summed E-state index contributed by atoms with van der Waals surface area (Å²) >= 11 is 12.3. The van der Waals surface area contributed by atoms with Crippen LogP contribution < -0.4 is 5.32 Å². The van der Waals surface area contributed by atoms with Crippen molar-refractivity contribution in [2.45, 2.75) is 6.42 Å². The van der Waals surface area contributed by atoms with Crippen LogP contribution in [-0.4, -0.2) is 48.6 Å². The van der Waals surface area contributed by atoms with Crippen molar-refractivity contribution in [3.63, 3.8) is 0 Å². The maximum atomic E-state index is 12.6. The number of Topliss-reactive ketones (excluding diaryl/α,β-unsaturated/α-hetero) is 1. The zero-order valence-electron chi connectivity index (χ0n) is 14.3. The fourth-order valence-electron chi connectivity index (χ4n) is 2.55. The van der Waals surface area contributed by atoms with Gasteiger partial charge in [-0.1, -0.05) is 29.3 Å². The Morgan fingerprint density at radius 2 is 1.88 bits per heavy atom. The van der Waals surface area contributed by atoms with Crippen molar-refractivity contribution in [1.29, 1.82) is 0 Å². The summed E-state index contributed by atoms with van der Waals surface area (Å²) in [5, 5.41) is 3.91. The number of nitrogens with one attached hydrogen (secondary N) is 1. The van der Waals surface area contributed by atoms with Gasteiger partial charge in [0.05, 0.1) is 12.1 Å². The molecule has 0 bridgehead atoms. The summed E-state index contributed by atoms with van der Waals surface area (Å²) in [5.41, 5.74) is 0.862. The summed E-state index contributed by atoms with van der Waals surface area (Å²) in [6.07, 6.45) is 1.45. The van der Waals surface area contributed by atoms with E-state index < -0.39 is 0 Å². The smallest absolute Gasteiger partial charge is 0.246 e. The van der Waals surface area contributed by atoms with Crippen molar-refractivity contribution >= 4 is 34.8 Å². The predicted molar refractivity (Wildman–Crippen MR) is 99.1 cm³/mol. The van der Waals surface area contributed by atoms with Crippen molar-refractivity contribution in [3.05, 3.63) is 62.9 Å². The molecule has 3 rings (SSSR count). The predicted octanol–water partition coefficient (Wildman–Crippen LogP) is 2.99. The van der Waals surface area contributed by atoms with Gasteiger partial charge in [-0.3, -0.25) is 9.59 Å². The van der Waals surface area contributed by atoms with Gasteiger partial charge in [-0.05, 0) is 31.8 Å². The number of halogens is 2. The monoisotopic (exact) mass is 393 g/mol. The Hall–Kier alpha value is -2.15. The molecule has 8 heteroatoms. The third-order valence-electron chi connectivity index (χ3n) is 3.90. The lowest BCUT2D eigenvalue weighted by Gasteiger charge is -2.14. The SMILES string of the molecule is CN(C)CCNC1=CC(=O)c2nc(Cc3c(Cl)cccc3Cl)oc2C1=O. The third kappa shape index (κ3) is 3.82. The molecule has 1 aliphatic rings. The van der Waals surface area contributed by atoms with Crippen LogP contribution >= 0.6 is 23.2 Å². The molecule has 0 saturated heterocycles. The van der Waals surface area contributed by atoms with Crippen LogP contribution in [0.4, 0.5) is 0 Å². The molecule has 1 aromatic heterocycles. The first-order valence-electron chi connectivity index (χ1n) is 7.98. The van der Waals surface area contributed by atoms with Crippen LogP contribution in [0.3, 0.4) is 0 Å². The lowest BCUT2D eigenvalue weighted by atomic mass is 10.0. The number of oxazole rings is 1. The summed E-state index contributed by atoms with van der Waals surface area (Å²) in [5.74, 6) is -0.591. The van der Waals surface area contributed by atoms with Gasteiger partial charge < -0.3 is 14.6 Å². The molecule has 6 nitrogen and oxygen atoms in total. The molecule has 0 aliphatic heterocycles. The molecule has 1 aromatic carbocycles. The molecule has 0 spiro atoms. The molecular formula is C18H17Cl2N3O3. The second-order valence-electron chi connectivity index (χ2n) is 6.14. The van der Waals surface area contributed by atoms with Crippen LogP contribution in [-0.2, 0) is 6.42 Å². The zero-order valence-corrected chi connectivity index (χ0v) is 15.8. The number of benzene rings is 1. The summed E-state index contributed by atoms with van der Waals surface area (Å²) in [7, 11) is 3.84. The van der Waals surface area contributed by atoms with Crippen LogP contribution in [0.2, 0.25) is 10.0 Å². The summed E-state index contributed by atoms with van der Waals surface area (Å²) < 4.78 is 5.57. The van der Waals surface area contributed by atoms with Crippen LogP contribution in [0.1, 0.15) is 32.5 Å². The molecule has 0 saturated carbocycles. The van der Waals surface area contributed by atoms with E-state index in [1.54, 1.807) is 18.2 Å². The molecule has 2 aromatic rings. The minimum atomic E-state index is -0.387. The summed E-state index contributed by atoms with van der Waals surface area (Å²) in [6, 6.07) is 5.14. The fourth-order valence-corrected chi connectivity index (χ4v) is 3.08. The number of ketones is 2. The van der Waals surface area contributed by atoms with Crippen LogP contribution in [0, 0.1) is 0 Å². The van der Waals surface area contributed by atoms with Gasteiger partial charge in [0.1, 0.15) is 0 Å². The van der Waals surface area contributed by atoms with Crippen molar-refractivity contribution in [2.75, 3.05) is 27.2 Å². The van der Waals surface area contributed by atoms with Gasteiger partial charge >= 0.3 is 0 Å². The molecule has 0 atom stereocenters. The lowest BCUT2D eigenvalue weighted by Crippen LogP contribution is -2.31. The van der Waals surface area contributed by atoms with Gasteiger partial charge in [0, 0.05) is 29.2 Å². The number of nitrogens with zero attached hydrogens (tertiary/aromatic N) is 2. The van der Waals surface area contributed by atoms with Crippen molar-refractivity contribution < 1.29 is 14.0 Å². The van der Waals surface area contributed by atoms with Crippen molar-refractivity contribution in [1.82, 2.24) is 15.2 Å². The van der Waals surface area contributed by atoms with E-state index >= 15 is 0 Å². The first kappa shape index (κ1) is 18.6. The number of rotatable bonds is 6. The fraction of sp³-hybridized carbons (Fsp3) is 0.278. The summed E-state index contributed by atoms with van der Waals surface area (Å²) in [6.45, 7) is 1.25. The standard InChI is InChI=1S/C18H17Cl2N3O3/c1-23(2)7-6-21-13-9-14(24)16-18(17(13)25)26-15(22-16)8-10-11(19)4-3-5-12(10)20/h3-5,9,21H,6-8H2,1-2H3. The first-order valence-corrected chi connectivity index (χ1v) is 8.74. The largest absolute Gasteiger partial charge is 0.436 e. The van der Waals surface area contributed by atoms with E-state index in [9.17, 15) is 9.59 Å². The van der Waals surface area contributed by atoms with E-state index in [1.165, 1.54) is 6.08 Å². The van der Waals surface area contributed by atoms with Crippen LogP contribution in [0.25, 0.3) is 0 Å². The number of allylic oxidation sites excluding steroid dienone is 2. The minimum absolute atomic E-state index is 0.0198. The Morgan fingerprint density at radius 1 is 1.19 bits per heavy atom. The Bertz CT molecular complexity index is 883. The number of aromatic nitrogens is 1. The third-order valence-corrected chi connectivity index (χ3v) is 4.60. The van der Waals surface area contributed by atoms with E-state index in [0.29, 0.717) is 22.2 Å². The van der Waals surface area contributed by atoms with Gasteiger partial charge in [0.2, 0.25) is 17.3 Å². The highest BCUT2D eigenvalue weighted by atomic mass is 35.5. The molecule has 0 radical (unpaired) electrons. The van der Waals surface area contributed by atoms with Crippen molar-refractivity contribution in [2.24, 2.45) is 0 Å². The average Bonchev–Trinajstić information content (AvgIpc) is 3.00. The maximum Gasteiger partial charge on any atom is 0.246 e. The number of carbonyl (C=O) groups is 2. The maximum absolute atomic E-state index is 12.6. The van der Waals surface area contributed by atoms with Gasteiger partial charge in [-0.15, -0.1) is 0 Å². The summed E-state index contributed by atoms with van der Waals surface area (Å²) in [4.78, 5) is 31.0. The van der Waals surface area contributed by atoms with Gasteiger partial charge in [-0.2, -0.15) is 0 Å². The number of carbonyl (C=O) groups excluding carboxylic acids is 2. The van der Waals surface area contributed by atoms with Gasteiger partial charge in [0.25, 0.3) is 0 Å². The number of fused-ring (bicyclic) bond motifs is 1. The first-order chi connectivity index (χ1) is 12.4. The average molecular weight is 394 g/mol. The van der Waals surface area contributed by atoms with Crippen LogP contribution in [0.15, 0.2) is 34.4 Å². The van der Waals surface area contributed by atoms with Gasteiger partial charge in [-0.25, -0.2) is 4.98 Å². The minimum Gasteiger partial charge on any atom is -0.436 e. The van der Waals surface area contributed by atoms with Crippen molar-refractivity contribution in [3.8, 4) is 0 Å². The normalized spacial score (nSPS) is 13.8. The topological polar surface area (TPSA) is 75.4 Å². The molecular weight excluding hydrogens is 377 g/mol. The molecule has 1 heterocycles. The second kappa shape index (κ2) is 7.61. The van der Waals surface area contributed by atoms with Gasteiger partial charge in [0.15, 0.2) is 11.6 Å². The Balaban J connectivity index is 1.82. The van der Waals surface area contributed by atoms with E-state index in [4.69, 9.17) is 27.6 Å². The van der Waals surface area contributed by atoms with E-state index in [2.05, 4.69) is 10.3 Å². The molecule has 1 aliphatic carbocycles. The number of hydrogen-bond acceptors (Lipinski definition) is 6.